The Hall–Kier alpha value is -1.84. The SMILES string of the molecule is CCCCN1CCC[C@H](NCc2ccccc2OC)[C@@H]1c1ccccc1. The van der Waals surface area contributed by atoms with Crippen LogP contribution in [0.25, 0.3) is 0 Å². The molecule has 0 saturated carbocycles. The summed E-state index contributed by atoms with van der Waals surface area (Å²) in [7, 11) is 1.75. The first-order chi connectivity index (χ1) is 12.8. The molecule has 1 aliphatic heterocycles. The molecule has 0 amide bonds. The summed E-state index contributed by atoms with van der Waals surface area (Å²) < 4.78 is 5.52. The minimum atomic E-state index is 0.450. The maximum absolute atomic E-state index is 5.52. The van der Waals surface area contributed by atoms with Crippen LogP contribution in [0.15, 0.2) is 54.6 Å². The van der Waals surface area contributed by atoms with Gasteiger partial charge in [0, 0.05) is 18.2 Å². The molecule has 26 heavy (non-hydrogen) atoms. The van der Waals surface area contributed by atoms with Crippen LogP contribution in [0.4, 0.5) is 0 Å². The largest absolute Gasteiger partial charge is 0.496 e. The smallest absolute Gasteiger partial charge is 0.123 e. The highest BCUT2D eigenvalue weighted by Gasteiger charge is 2.31. The molecule has 0 aromatic heterocycles. The number of benzene rings is 2. The lowest BCUT2D eigenvalue weighted by Crippen LogP contribution is -2.48. The molecule has 0 aliphatic carbocycles. The molecule has 140 valence electrons. The van der Waals surface area contributed by atoms with E-state index in [1.807, 2.05) is 12.1 Å². The summed E-state index contributed by atoms with van der Waals surface area (Å²) in [6.45, 7) is 5.51. The number of hydrogen-bond donors (Lipinski definition) is 1. The number of hydrogen-bond acceptors (Lipinski definition) is 3. The van der Waals surface area contributed by atoms with Crippen molar-refractivity contribution in [2.75, 3.05) is 20.2 Å². The van der Waals surface area contributed by atoms with Gasteiger partial charge in [0.1, 0.15) is 5.75 Å². The molecule has 1 saturated heterocycles. The Morgan fingerprint density at radius 1 is 1.08 bits per heavy atom. The first-order valence-electron chi connectivity index (χ1n) is 9.97. The van der Waals surface area contributed by atoms with Crippen molar-refractivity contribution in [3.63, 3.8) is 0 Å². The van der Waals surface area contributed by atoms with Gasteiger partial charge in [-0.1, -0.05) is 61.9 Å². The van der Waals surface area contributed by atoms with E-state index in [1.54, 1.807) is 7.11 Å². The second kappa shape index (κ2) is 9.75. The van der Waals surface area contributed by atoms with Crippen molar-refractivity contribution in [2.24, 2.45) is 0 Å². The number of nitrogens with one attached hydrogen (secondary N) is 1. The van der Waals surface area contributed by atoms with Gasteiger partial charge >= 0.3 is 0 Å². The lowest BCUT2D eigenvalue weighted by molar-refractivity contribution is 0.109. The van der Waals surface area contributed by atoms with Crippen molar-refractivity contribution in [3.05, 3.63) is 65.7 Å². The summed E-state index contributed by atoms with van der Waals surface area (Å²) in [5.41, 5.74) is 2.66. The third-order valence-electron chi connectivity index (χ3n) is 5.42. The number of rotatable bonds is 8. The van der Waals surface area contributed by atoms with Crippen LogP contribution in [0.1, 0.15) is 49.8 Å². The Morgan fingerprint density at radius 3 is 2.62 bits per heavy atom. The standard InChI is InChI=1S/C23H32N2O/c1-3-4-16-25-17-10-14-21(23(25)19-11-6-5-7-12-19)24-18-20-13-8-9-15-22(20)26-2/h5-9,11-13,15,21,23-24H,3-4,10,14,16-18H2,1-2H3/t21-,23-/m0/s1. The molecule has 0 unspecified atom stereocenters. The van der Waals surface area contributed by atoms with Crippen molar-refractivity contribution >= 4 is 0 Å². The van der Waals surface area contributed by atoms with Crippen LogP contribution >= 0.6 is 0 Å². The fraction of sp³-hybridized carbons (Fsp3) is 0.478. The van der Waals surface area contributed by atoms with Gasteiger partial charge in [-0.15, -0.1) is 0 Å². The molecule has 3 heteroatoms. The molecule has 3 rings (SSSR count). The molecule has 1 aliphatic rings. The first-order valence-corrected chi connectivity index (χ1v) is 9.97. The maximum atomic E-state index is 5.52. The molecule has 1 fully saturated rings. The van der Waals surface area contributed by atoms with Gasteiger partial charge in [0.15, 0.2) is 0 Å². The third kappa shape index (κ3) is 4.66. The molecule has 2 aromatic rings. The number of piperidine rings is 1. The van der Waals surface area contributed by atoms with E-state index in [0.717, 1.165) is 12.3 Å². The Balaban J connectivity index is 1.76. The first kappa shape index (κ1) is 18.9. The van der Waals surface area contributed by atoms with E-state index in [0.29, 0.717) is 12.1 Å². The Labute approximate surface area is 158 Å². The quantitative estimate of drug-likeness (QED) is 0.739. The highest BCUT2D eigenvalue weighted by molar-refractivity contribution is 5.33. The van der Waals surface area contributed by atoms with E-state index in [9.17, 15) is 0 Å². The Morgan fingerprint density at radius 2 is 1.85 bits per heavy atom. The topological polar surface area (TPSA) is 24.5 Å². The molecular formula is C23H32N2O. The van der Waals surface area contributed by atoms with Crippen molar-refractivity contribution in [1.29, 1.82) is 0 Å². The van der Waals surface area contributed by atoms with Gasteiger partial charge < -0.3 is 10.1 Å². The monoisotopic (exact) mass is 352 g/mol. The van der Waals surface area contributed by atoms with E-state index in [1.165, 1.54) is 49.9 Å². The fourth-order valence-electron chi connectivity index (χ4n) is 4.07. The average molecular weight is 353 g/mol. The van der Waals surface area contributed by atoms with Crippen molar-refractivity contribution in [3.8, 4) is 5.75 Å². The molecule has 2 atom stereocenters. The van der Waals surface area contributed by atoms with E-state index in [2.05, 4.69) is 59.6 Å². The number of para-hydroxylation sites is 1. The highest BCUT2D eigenvalue weighted by atomic mass is 16.5. The van der Waals surface area contributed by atoms with Gasteiger partial charge in [-0.25, -0.2) is 0 Å². The summed E-state index contributed by atoms with van der Waals surface area (Å²) in [5.74, 6) is 0.968. The molecule has 3 nitrogen and oxygen atoms in total. The molecule has 1 heterocycles. The normalized spacial score (nSPS) is 20.8. The lowest BCUT2D eigenvalue weighted by atomic mass is 9.89. The van der Waals surface area contributed by atoms with Crippen LogP contribution in [0.2, 0.25) is 0 Å². The van der Waals surface area contributed by atoms with Crippen molar-refractivity contribution < 1.29 is 4.74 Å². The van der Waals surface area contributed by atoms with Gasteiger partial charge in [-0.2, -0.15) is 0 Å². The zero-order chi connectivity index (χ0) is 18.2. The van der Waals surface area contributed by atoms with Crippen molar-refractivity contribution in [1.82, 2.24) is 10.2 Å². The van der Waals surface area contributed by atoms with E-state index in [4.69, 9.17) is 4.74 Å². The van der Waals surface area contributed by atoms with Gasteiger partial charge in [0.2, 0.25) is 0 Å². The van der Waals surface area contributed by atoms with Gasteiger partial charge in [0.05, 0.1) is 13.2 Å². The molecule has 0 bridgehead atoms. The number of methoxy groups -OCH3 is 1. The third-order valence-corrected chi connectivity index (χ3v) is 5.42. The summed E-state index contributed by atoms with van der Waals surface area (Å²) in [4.78, 5) is 2.68. The zero-order valence-corrected chi connectivity index (χ0v) is 16.2. The van der Waals surface area contributed by atoms with Crippen LogP contribution in [0.5, 0.6) is 5.75 Å². The zero-order valence-electron chi connectivity index (χ0n) is 16.2. The van der Waals surface area contributed by atoms with Crippen LogP contribution < -0.4 is 10.1 Å². The average Bonchev–Trinajstić information content (AvgIpc) is 2.71. The molecule has 0 radical (unpaired) electrons. The van der Waals surface area contributed by atoms with Crippen LogP contribution in [-0.2, 0) is 6.54 Å². The lowest BCUT2D eigenvalue weighted by Gasteiger charge is -2.42. The van der Waals surface area contributed by atoms with Gasteiger partial charge in [-0.3, -0.25) is 4.90 Å². The van der Waals surface area contributed by atoms with Gasteiger partial charge in [0.25, 0.3) is 0 Å². The summed E-state index contributed by atoms with van der Waals surface area (Å²) in [6.07, 6.45) is 4.99. The van der Waals surface area contributed by atoms with E-state index >= 15 is 0 Å². The predicted molar refractivity (Wildman–Crippen MR) is 109 cm³/mol. The maximum Gasteiger partial charge on any atom is 0.123 e. The minimum absolute atomic E-state index is 0.450. The van der Waals surface area contributed by atoms with E-state index < -0.39 is 0 Å². The van der Waals surface area contributed by atoms with E-state index in [-0.39, 0.29) is 0 Å². The number of unbranched alkanes of at least 4 members (excludes halogenated alkanes) is 1. The molecule has 1 N–H and O–H groups in total. The summed E-state index contributed by atoms with van der Waals surface area (Å²) >= 11 is 0. The Kier molecular flexibility index (Phi) is 7.10. The highest BCUT2D eigenvalue weighted by Crippen LogP contribution is 2.32. The number of likely N-dealkylation sites (tertiary alicyclic amines) is 1. The van der Waals surface area contributed by atoms with Crippen molar-refractivity contribution in [2.45, 2.75) is 51.2 Å². The Bertz CT molecular complexity index is 658. The number of ether oxygens (including phenoxy) is 1. The summed E-state index contributed by atoms with van der Waals surface area (Å²) in [5, 5.41) is 3.85. The fourth-order valence-corrected chi connectivity index (χ4v) is 4.07. The second-order valence-electron chi connectivity index (χ2n) is 7.19. The van der Waals surface area contributed by atoms with Gasteiger partial charge in [-0.05, 0) is 44.0 Å². The minimum Gasteiger partial charge on any atom is -0.496 e. The van der Waals surface area contributed by atoms with Crippen LogP contribution in [0, 0.1) is 0 Å². The van der Waals surface area contributed by atoms with Crippen LogP contribution in [0.3, 0.4) is 0 Å². The second-order valence-corrected chi connectivity index (χ2v) is 7.19. The van der Waals surface area contributed by atoms with Crippen LogP contribution in [-0.4, -0.2) is 31.1 Å². The number of nitrogens with zero attached hydrogens (tertiary/aromatic N) is 1. The molecule has 0 spiro atoms. The predicted octanol–water partition coefficient (Wildman–Crippen LogP) is 4.79. The summed E-state index contributed by atoms with van der Waals surface area (Å²) in [6, 6.07) is 20.2. The molecular weight excluding hydrogens is 320 g/mol. The molecule has 2 aromatic carbocycles.